The highest BCUT2D eigenvalue weighted by Crippen LogP contribution is 1.96. The molecule has 3 N–H and O–H groups in total. The van der Waals surface area contributed by atoms with Gasteiger partial charge in [0.1, 0.15) is 0 Å². The summed E-state index contributed by atoms with van der Waals surface area (Å²) in [6.45, 7) is 6.08. The first kappa shape index (κ1) is 16.2. The molecule has 0 aliphatic heterocycles. The van der Waals surface area contributed by atoms with Crippen molar-refractivity contribution >= 4 is 29.9 Å². The molecule has 0 radical (unpaired) electrons. The lowest BCUT2D eigenvalue weighted by Crippen LogP contribution is -2.37. The van der Waals surface area contributed by atoms with Crippen molar-refractivity contribution < 1.29 is 0 Å². The van der Waals surface area contributed by atoms with Gasteiger partial charge in [-0.15, -0.1) is 24.0 Å². The van der Waals surface area contributed by atoms with Crippen LogP contribution in [0.1, 0.15) is 26.0 Å². The molecule has 5 nitrogen and oxygen atoms in total. The summed E-state index contributed by atoms with van der Waals surface area (Å²) in [4.78, 5) is 4.14. The van der Waals surface area contributed by atoms with Crippen molar-refractivity contribution in [1.82, 2.24) is 20.8 Å². The monoisotopic (exact) mass is 351 g/mol. The summed E-state index contributed by atoms with van der Waals surface area (Å²) in [5, 5.41) is 13.3. The third kappa shape index (κ3) is 7.19. The molecular formula is C11H22IN5. The van der Waals surface area contributed by atoms with Gasteiger partial charge in [0.25, 0.3) is 0 Å². The Hall–Kier alpha value is -0.790. The van der Waals surface area contributed by atoms with Gasteiger partial charge in [0, 0.05) is 19.8 Å². The van der Waals surface area contributed by atoms with Gasteiger partial charge in [0.05, 0.1) is 12.2 Å². The van der Waals surface area contributed by atoms with Gasteiger partial charge in [-0.2, -0.15) is 5.10 Å². The quantitative estimate of drug-likeness (QED) is 0.430. The Morgan fingerprint density at radius 2 is 2.24 bits per heavy atom. The van der Waals surface area contributed by atoms with Crippen LogP contribution in [0.2, 0.25) is 0 Å². The van der Waals surface area contributed by atoms with Gasteiger partial charge in [0.15, 0.2) is 5.96 Å². The Kier molecular flexibility index (Phi) is 8.83. The number of guanidine groups is 1. The predicted molar refractivity (Wildman–Crippen MR) is 81.7 cm³/mol. The number of hydrogen-bond donors (Lipinski definition) is 3. The smallest absolute Gasteiger partial charge is 0.191 e. The highest BCUT2D eigenvalue weighted by atomic mass is 127. The molecule has 0 aliphatic carbocycles. The van der Waals surface area contributed by atoms with Crippen LogP contribution in [-0.4, -0.2) is 29.7 Å². The molecule has 0 spiro atoms. The van der Waals surface area contributed by atoms with E-state index in [-0.39, 0.29) is 24.0 Å². The van der Waals surface area contributed by atoms with Crippen LogP contribution in [0.4, 0.5) is 0 Å². The van der Waals surface area contributed by atoms with E-state index in [1.807, 2.05) is 6.07 Å². The molecule has 1 rings (SSSR count). The third-order valence-electron chi connectivity index (χ3n) is 2.24. The van der Waals surface area contributed by atoms with E-state index in [1.165, 1.54) is 0 Å². The molecule has 17 heavy (non-hydrogen) atoms. The van der Waals surface area contributed by atoms with E-state index in [0.29, 0.717) is 12.5 Å². The maximum absolute atomic E-state index is 4.14. The fraction of sp³-hybridized carbons (Fsp3) is 0.636. The van der Waals surface area contributed by atoms with Gasteiger partial charge in [-0.1, -0.05) is 13.8 Å². The molecule has 0 unspecified atom stereocenters. The lowest BCUT2D eigenvalue weighted by molar-refractivity contribution is 0.573. The second-order valence-electron chi connectivity index (χ2n) is 4.12. The SMILES string of the molecule is CN=C(NCCC(C)C)NCc1ccn[nH]1.I. The van der Waals surface area contributed by atoms with Crippen LogP contribution in [-0.2, 0) is 6.54 Å². The average molecular weight is 351 g/mol. The summed E-state index contributed by atoms with van der Waals surface area (Å²) in [6.07, 6.45) is 2.89. The molecule has 1 heterocycles. The first-order valence-electron chi connectivity index (χ1n) is 5.65. The standard InChI is InChI=1S/C11H21N5.HI/c1-9(2)4-6-13-11(12-3)14-8-10-5-7-15-16-10;/h5,7,9H,4,6,8H2,1-3H3,(H,15,16)(H2,12,13,14);1H. The van der Waals surface area contributed by atoms with Gasteiger partial charge in [-0.25, -0.2) is 0 Å². The minimum atomic E-state index is 0. The van der Waals surface area contributed by atoms with Crippen molar-refractivity contribution in [3.8, 4) is 0 Å². The van der Waals surface area contributed by atoms with Crippen molar-refractivity contribution in [3.63, 3.8) is 0 Å². The number of aromatic amines is 1. The number of aromatic nitrogens is 2. The Morgan fingerprint density at radius 1 is 1.47 bits per heavy atom. The van der Waals surface area contributed by atoms with Gasteiger partial charge >= 0.3 is 0 Å². The van der Waals surface area contributed by atoms with Gasteiger partial charge in [-0.05, 0) is 18.4 Å². The second-order valence-corrected chi connectivity index (χ2v) is 4.12. The summed E-state index contributed by atoms with van der Waals surface area (Å²) in [7, 11) is 1.78. The van der Waals surface area contributed by atoms with E-state index in [0.717, 1.165) is 24.6 Å². The number of rotatable bonds is 5. The zero-order chi connectivity index (χ0) is 11.8. The summed E-state index contributed by atoms with van der Waals surface area (Å²) in [6, 6.07) is 1.94. The molecule has 0 saturated heterocycles. The van der Waals surface area contributed by atoms with E-state index >= 15 is 0 Å². The Morgan fingerprint density at radius 3 is 2.76 bits per heavy atom. The number of H-pyrrole nitrogens is 1. The largest absolute Gasteiger partial charge is 0.356 e. The van der Waals surface area contributed by atoms with Crippen molar-refractivity contribution in [2.75, 3.05) is 13.6 Å². The molecule has 0 aliphatic rings. The van der Waals surface area contributed by atoms with Crippen LogP contribution in [0, 0.1) is 5.92 Å². The lowest BCUT2D eigenvalue weighted by atomic mass is 10.1. The van der Waals surface area contributed by atoms with Crippen LogP contribution >= 0.6 is 24.0 Å². The van der Waals surface area contributed by atoms with Crippen LogP contribution in [0.15, 0.2) is 17.3 Å². The molecule has 0 aromatic carbocycles. The van der Waals surface area contributed by atoms with E-state index in [9.17, 15) is 0 Å². The molecule has 1 aromatic rings. The maximum atomic E-state index is 4.14. The van der Waals surface area contributed by atoms with Crippen molar-refractivity contribution in [1.29, 1.82) is 0 Å². The summed E-state index contributed by atoms with van der Waals surface area (Å²) in [5.74, 6) is 1.54. The van der Waals surface area contributed by atoms with Gasteiger partial charge in [-0.3, -0.25) is 10.1 Å². The topological polar surface area (TPSA) is 65.1 Å². The number of halogens is 1. The second kappa shape index (κ2) is 9.26. The zero-order valence-corrected chi connectivity index (χ0v) is 13.0. The van der Waals surface area contributed by atoms with Gasteiger partial charge < -0.3 is 10.6 Å². The number of aliphatic imine (C=N–C) groups is 1. The van der Waals surface area contributed by atoms with Gasteiger partial charge in [0.2, 0.25) is 0 Å². The Labute approximate surface area is 120 Å². The average Bonchev–Trinajstić information content (AvgIpc) is 2.75. The molecule has 6 heteroatoms. The van der Waals surface area contributed by atoms with Crippen LogP contribution in [0.5, 0.6) is 0 Å². The molecule has 98 valence electrons. The molecule has 0 bridgehead atoms. The van der Waals surface area contributed by atoms with E-state index in [2.05, 4.69) is 39.7 Å². The molecular weight excluding hydrogens is 329 g/mol. The minimum absolute atomic E-state index is 0. The molecule has 1 aromatic heterocycles. The zero-order valence-electron chi connectivity index (χ0n) is 10.7. The predicted octanol–water partition coefficient (Wildman–Crippen LogP) is 1.74. The van der Waals surface area contributed by atoms with Crippen molar-refractivity contribution in [2.24, 2.45) is 10.9 Å². The third-order valence-corrected chi connectivity index (χ3v) is 2.24. The van der Waals surface area contributed by atoms with E-state index in [1.54, 1.807) is 13.2 Å². The minimum Gasteiger partial charge on any atom is -0.356 e. The summed E-state index contributed by atoms with van der Waals surface area (Å²) in [5.41, 5.74) is 1.05. The fourth-order valence-electron chi connectivity index (χ4n) is 1.26. The van der Waals surface area contributed by atoms with Crippen molar-refractivity contribution in [3.05, 3.63) is 18.0 Å². The Bertz CT molecular complexity index is 308. The summed E-state index contributed by atoms with van der Waals surface area (Å²) < 4.78 is 0. The molecule has 0 atom stereocenters. The van der Waals surface area contributed by atoms with Crippen molar-refractivity contribution in [2.45, 2.75) is 26.8 Å². The van der Waals surface area contributed by atoms with Crippen LogP contribution < -0.4 is 10.6 Å². The van der Waals surface area contributed by atoms with E-state index in [4.69, 9.17) is 0 Å². The highest BCUT2D eigenvalue weighted by Gasteiger charge is 1.99. The Balaban J connectivity index is 0.00000256. The maximum Gasteiger partial charge on any atom is 0.191 e. The molecule has 0 fully saturated rings. The normalized spacial score (nSPS) is 11.2. The summed E-state index contributed by atoms with van der Waals surface area (Å²) >= 11 is 0. The first-order chi connectivity index (χ1) is 7.72. The number of nitrogens with one attached hydrogen (secondary N) is 3. The fourth-order valence-corrected chi connectivity index (χ4v) is 1.26. The molecule has 0 amide bonds. The number of nitrogens with zero attached hydrogens (tertiary/aromatic N) is 2. The lowest BCUT2D eigenvalue weighted by Gasteiger charge is -2.12. The van der Waals surface area contributed by atoms with Crippen LogP contribution in [0.25, 0.3) is 0 Å². The highest BCUT2D eigenvalue weighted by molar-refractivity contribution is 14.0. The van der Waals surface area contributed by atoms with Crippen LogP contribution in [0.3, 0.4) is 0 Å². The molecule has 0 saturated carbocycles. The number of hydrogen-bond acceptors (Lipinski definition) is 2. The first-order valence-corrected chi connectivity index (χ1v) is 5.65. The van der Waals surface area contributed by atoms with E-state index < -0.39 is 0 Å².